The van der Waals surface area contributed by atoms with Crippen molar-refractivity contribution in [1.29, 1.82) is 0 Å². The average Bonchev–Trinajstić information content (AvgIpc) is 3.12. The van der Waals surface area contributed by atoms with Crippen LogP contribution in [0.4, 0.5) is 5.00 Å². The third kappa shape index (κ3) is 5.70. The van der Waals surface area contributed by atoms with Gasteiger partial charge in [0.1, 0.15) is 17.4 Å². The van der Waals surface area contributed by atoms with Gasteiger partial charge in [-0.05, 0) is 61.3 Å². The Labute approximate surface area is 194 Å². The second-order valence-electron chi connectivity index (χ2n) is 9.03. The average molecular weight is 460 g/mol. The number of rotatable bonds is 8. The Balaban J connectivity index is 1.80. The van der Waals surface area contributed by atoms with E-state index in [-0.39, 0.29) is 11.3 Å². The van der Waals surface area contributed by atoms with Crippen molar-refractivity contribution in [3.63, 3.8) is 0 Å². The zero-order chi connectivity index (χ0) is 23.3. The molecule has 32 heavy (non-hydrogen) atoms. The van der Waals surface area contributed by atoms with Crippen LogP contribution < -0.4 is 10.1 Å². The SMILES string of the molecule is CCOCCOc1cccc(C(=O)Nc2sc3c(c2C(=O)OC)CCC(C(C)(C)C)C3)c1. The number of methoxy groups -OCH3 is 1. The maximum absolute atomic E-state index is 13.0. The van der Waals surface area contributed by atoms with Crippen LogP contribution in [0.2, 0.25) is 0 Å². The van der Waals surface area contributed by atoms with Gasteiger partial charge in [-0.2, -0.15) is 0 Å². The highest BCUT2D eigenvalue weighted by Gasteiger charge is 2.34. The Morgan fingerprint density at radius 1 is 1.22 bits per heavy atom. The van der Waals surface area contributed by atoms with Crippen LogP contribution in [-0.4, -0.2) is 38.8 Å². The van der Waals surface area contributed by atoms with Crippen molar-refractivity contribution in [2.75, 3.05) is 32.2 Å². The molecule has 1 unspecified atom stereocenters. The van der Waals surface area contributed by atoms with E-state index in [9.17, 15) is 9.59 Å². The molecule has 2 aromatic rings. The molecule has 0 aliphatic heterocycles. The van der Waals surface area contributed by atoms with E-state index < -0.39 is 5.97 Å². The molecule has 6 nitrogen and oxygen atoms in total. The van der Waals surface area contributed by atoms with Crippen molar-refractivity contribution in [3.05, 3.63) is 45.8 Å². The highest BCUT2D eigenvalue weighted by Crippen LogP contribution is 2.44. The van der Waals surface area contributed by atoms with Crippen molar-refractivity contribution < 1.29 is 23.8 Å². The summed E-state index contributed by atoms with van der Waals surface area (Å²) in [4.78, 5) is 26.8. The van der Waals surface area contributed by atoms with E-state index in [1.54, 1.807) is 24.3 Å². The number of hydrogen-bond acceptors (Lipinski definition) is 6. The smallest absolute Gasteiger partial charge is 0.341 e. The number of hydrogen-bond donors (Lipinski definition) is 1. The fraction of sp³-hybridized carbons (Fsp3) is 0.520. The molecule has 0 saturated carbocycles. The fourth-order valence-corrected chi connectivity index (χ4v) is 5.31. The number of carbonyl (C=O) groups excluding carboxylic acids is 2. The van der Waals surface area contributed by atoms with Crippen molar-refractivity contribution in [2.24, 2.45) is 11.3 Å². The Hall–Kier alpha value is -2.38. The van der Waals surface area contributed by atoms with Crippen LogP contribution in [0.5, 0.6) is 5.75 Å². The monoisotopic (exact) mass is 459 g/mol. The van der Waals surface area contributed by atoms with E-state index in [0.29, 0.717) is 47.6 Å². The van der Waals surface area contributed by atoms with Gasteiger partial charge in [-0.1, -0.05) is 26.8 Å². The van der Waals surface area contributed by atoms with E-state index >= 15 is 0 Å². The van der Waals surface area contributed by atoms with E-state index in [0.717, 1.165) is 24.8 Å². The molecule has 1 aliphatic rings. The fourth-order valence-electron chi connectivity index (χ4n) is 4.00. The van der Waals surface area contributed by atoms with Gasteiger partial charge in [-0.15, -0.1) is 11.3 Å². The summed E-state index contributed by atoms with van der Waals surface area (Å²) < 4.78 is 16.0. The summed E-state index contributed by atoms with van der Waals surface area (Å²) in [6.45, 7) is 10.2. The minimum absolute atomic E-state index is 0.194. The Morgan fingerprint density at radius 3 is 2.69 bits per heavy atom. The minimum Gasteiger partial charge on any atom is -0.491 e. The van der Waals surface area contributed by atoms with Gasteiger partial charge >= 0.3 is 5.97 Å². The van der Waals surface area contributed by atoms with Gasteiger partial charge < -0.3 is 19.5 Å². The standard InChI is InChI=1S/C25H33NO5S/c1-6-30-12-13-31-18-9-7-8-16(14-18)22(27)26-23-21(24(28)29-5)19-11-10-17(25(2,3)4)15-20(19)32-23/h7-9,14,17H,6,10-13,15H2,1-5H3,(H,26,27). The molecule has 0 bridgehead atoms. The lowest BCUT2D eigenvalue weighted by Gasteiger charge is -2.33. The molecule has 0 saturated heterocycles. The second-order valence-corrected chi connectivity index (χ2v) is 10.1. The summed E-state index contributed by atoms with van der Waals surface area (Å²) in [7, 11) is 1.38. The van der Waals surface area contributed by atoms with Crippen molar-refractivity contribution >= 4 is 28.2 Å². The molecule has 1 amide bonds. The number of thiophene rings is 1. The molecular formula is C25H33NO5S. The molecule has 1 aromatic heterocycles. The van der Waals surface area contributed by atoms with Crippen LogP contribution in [-0.2, 0) is 22.3 Å². The molecule has 1 atom stereocenters. The predicted octanol–water partition coefficient (Wildman–Crippen LogP) is 5.35. The van der Waals surface area contributed by atoms with Crippen LogP contribution >= 0.6 is 11.3 Å². The molecule has 1 aromatic carbocycles. The van der Waals surface area contributed by atoms with E-state index in [2.05, 4.69) is 26.1 Å². The number of esters is 1. The van der Waals surface area contributed by atoms with Gasteiger partial charge in [0, 0.05) is 17.0 Å². The zero-order valence-electron chi connectivity index (χ0n) is 19.6. The first-order valence-electron chi connectivity index (χ1n) is 11.1. The maximum Gasteiger partial charge on any atom is 0.341 e. The second kappa shape index (κ2) is 10.5. The molecule has 174 valence electrons. The van der Waals surface area contributed by atoms with Crippen LogP contribution in [0.15, 0.2) is 24.3 Å². The van der Waals surface area contributed by atoms with E-state index in [4.69, 9.17) is 14.2 Å². The number of anilines is 1. The molecular weight excluding hydrogens is 426 g/mol. The first-order chi connectivity index (χ1) is 15.2. The lowest BCUT2D eigenvalue weighted by atomic mass is 9.72. The van der Waals surface area contributed by atoms with Gasteiger partial charge in [-0.3, -0.25) is 4.79 Å². The summed E-state index contributed by atoms with van der Waals surface area (Å²) in [6, 6.07) is 7.01. The van der Waals surface area contributed by atoms with Crippen molar-refractivity contribution in [1.82, 2.24) is 0 Å². The highest BCUT2D eigenvalue weighted by molar-refractivity contribution is 7.17. The minimum atomic E-state index is -0.403. The maximum atomic E-state index is 13.0. The summed E-state index contributed by atoms with van der Waals surface area (Å²) in [5.74, 6) is 0.452. The molecule has 0 radical (unpaired) electrons. The van der Waals surface area contributed by atoms with Crippen molar-refractivity contribution in [3.8, 4) is 5.75 Å². The third-order valence-corrected chi connectivity index (χ3v) is 7.07. The largest absolute Gasteiger partial charge is 0.491 e. The molecule has 7 heteroatoms. The Bertz CT molecular complexity index is 960. The number of amides is 1. The lowest BCUT2D eigenvalue weighted by molar-refractivity contribution is 0.0600. The van der Waals surface area contributed by atoms with Gasteiger partial charge in [0.25, 0.3) is 5.91 Å². The summed E-state index contributed by atoms with van der Waals surface area (Å²) in [5, 5.41) is 3.51. The van der Waals surface area contributed by atoms with Gasteiger partial charge in [0.2, 0.25) is 0 Å². The van der Waals surface area contributed by atoms with E-state index in [1.165, 1.54) is 23.3 Å². The number of nitrogens with one attached hydrogen (secondary N) is 1. The van der Waals surface area contributed by atoms with E-state index in [1.807, 2.05) is 6.92 Å². The predicted molar refractivity (Wildman–Crippen MR) is 127 cm³/mol. The lowest BCUT2D eigenvalue weighted by Crippen LogP contribution is -2.26. The van der Waals surface area contributed by atoms with Crippen LogP contribution in [0, 0.1) is 11.3 Å². The molecule has 0 spiro atoms. The normalized spacial score (nSPS) is 15.7. The number of benzene rings is 1. The molecule has 1 N–H and O–H groups in total. The number of carbonyl (C=O) groups is 2. The molecule has 0 fully saturated rings. The van der Waals surface area contributed by atoms with Crippen LogP contribution in [0.3, 0.4) is 0 Å². The Morgan fingerprint density at radius 2 is 2.00 bits per heavy atom. The summed E-state index contributed by atoms with van der Waals surface area (Å²) in [5.41, 5.74) is 2.18. The molecule has 1 aliphatic carbocycles. The van der Waals surface area contributed by atoms with Crippen LogP contribution in [0.1, 0.15) is 65.3 Å². The highest BCUT2D eigenvalue weighted by atomic mass is 32.1. The zero-order valence-corrected chi connectivity index (χ0v) is 20.4. The van der Waals surface area contributed by atoms with Crippen LogP contribution in [0.25, 0.3) is 0 Å². The van der Waals surface area contributed by atoms with Gasteiger partial charge in [0.15, 0.2) is 0 Å². The molecule has 1 heterocycles. The quantitative estimate of drug-likeness (QED) is 0.425. The molecule has 3 rings (SSSR count). The summed E-state index contributed by atoms with van der Waals surface area (Å²) >= 11 is 1.49. The first-order valence-corrected chi connectivity index (χ1v) is 11.9. The topological polar surface area (TPSA) is 73.9 Å². The van der Waals surface area contributed by atoms with Gasteiger partial charge in [0.05, 0.1) is 19.3 Å². The number of ether oxygens (including phenoxy) is 3. The van der Waals surface area contributed by atoms with Gasteiger partial charge in [-0.25, -0.2) is 4.79 Å². The summed E-state index contributed by atoms with van der Waals surface area (Å²) in [6.07, 6.45) is 2.75. The van der Waals surface area contributed by atoms with Crippen molar-refractivity contribution in [2.45, 2.75) is 47.0 Å². The third-order valence-electron chi connectivity index (χ3n) is 5.90. The first kappa shape index (κ1) is 24.3. The number of fused-ring (bicyclic) bond motifs is 1. The Kier molecular flexibility index (Phi) is 7.96.